The van der Waals surface area contributed by atoms with Gasteiger partial charge >= 0.3 is 0 Å². The Bertz CT molecular complexity index is 809. The van der Waals surface area contributed by atoms with E-state index < -0.39 is 0 Å². The van der Waals surface area contributed by atoms with Crippen molar-refractivity contribution in [3.8, 4) is 0 Å². The quantitative estimate of drug-likeness (QED) is 0.220. The lowest BCUT2D eigenvalue weighted by Crippen LogP contribution is -2.62. The zero-order chi connectivity index (χ0) is 28.8. The predicted octanol–water partition coefficient (Wildman–Crippen LogP) is 8.60. The Hall–Kier alpha value is -1.62. The molecule has 2 bridgehead atoms. The van der Waals surface area contributed by atoms with Gasteiger partial charge in [0.25, 0.3) is 0 Å². The maximum Gasteiger partial charge on any atom is 0.225 e. The van der Waals surface area contributed by atoms with Gasteiger partial charge in [0.05, 0.1) is 5.54 Å². The van der Waals surface area contributed by atoms with Crippen LogP contribution in [-0.4, -0.2) is 35.3 Å². The molecule has 3 atom stereocenters. The molecule has 37 heavy (non-hydrogen) atoms. The van der Waals surface area contributed by atoms with Gasteiger partial charge in [-0.15, -0.1) is 0 Å². The van der Waals surface area contributed by atoms with Gasteiger partial charge in [0.1, 0.15) is 0 Å². The van der Waals surface area contributed by atoms with E-state index in [0.717, 1.165) is 36.0 Å². The molecule has 0 spiro atoms. The Morgan fingerprint density at radius 1 is 1.08 bits per heavy atom. The molecular weight excluding hydrogens is 524 g/mol. The molecule has 3 aliphatic rings. The van der Waals surface area contributed by atoms with Gasteiger partial charge < -0.3 is 10.2 Å². The molecule has 2 aliphatic heterocycles. The second-order valence-corrected chi connectivity index (χ2v) is 12.1. The van der Waals surface area contributed by atoms with Crippen LogP contribution < -0.4 is 5.32 Å². The third-order valence-electron chi connectivity index (χ3n) is 7.29. The lowest BCUT2D eigenvalue weighted by molar-refractivity contribution is -0.154. The van der Waals surface area contributed by atoms with Crippen LogP contribution in [0.15, 0.2) is 46.5 Å². The number of fused-ring (bicyclic) bond motifs is 2. The number of hydrogen-bond donors (Lipinski definition) is 1. The third kappa shape index (κ3) is 12.2. The van der Waals surface area contributed by atoms with E-state index in [1.165, 1.54) is 24.8 Å². The average molecular weight is 580 g/mol. The number of unbranched alkanes of at least 4 members (excludes halogenated alkanes) is 2. The van der Waals surface area contributed by atoms with E-state index in [4.69, 9.17) is 0 Å². The highest BCUT2D eigenvalue weighted by Gasteiger charge is 2.51. The number of nitrogens with one attached hydrogen (secondary N) is 1. The van der Waals surface area contributed by atoms with Gasteiger partial charge in [0.15, 0.2) is 0 Å². The molecule has 5 heteroatoms. The van der Waals surface area contributed by atoms with Crippen LogP contribution in [0.25, 0.3) is 0 Å². The summed E-state index contributed by atoms with van der Waals surface area (Å²) >= 11 is 3.50. The van der Waals surface area contributed by atoms with Gasteiger partial charge in [-0.3, -0.25) is 9.59 Å². The highest BCUT2D eigenvalue weighted by Crippen LogP contribution is 2.46. The number of amides is 2. The number of piperidine rings is 2. The van der Waals surface area contributed by atoms with Crippen molar-refractivity contribution in [3.63, 3.8) is 0 Å². The second-order valence-electron chi connectivity index (χ2n) is 11.3. The van der Waals surface area contributed by atoms with E-state index in [9.17, 15) is 9.59 Å². The molecule has 1 aliphatic carbocycles. The highest BCUT2D eigenvalue weighted by molar-refractivity contribution is 9.12. The van der Waals surface area contributed by atoms with Crippen molar-refractivity contribution in [2.45, 2.75) is 107 Å². The summed E-state index contributed by atoms with van der Waals surface area (Å²) in [6.45, 7) is 25.9. The van der Waals surface area contributed by atoms with Crippen LogP contribution >= 0.6 is 15.9 Å². The molecule has 4 nitrogen and oxygen atoms in total. The fourth-order valence-electron chi connectivity index (χ4n) is 4.04. The van der Waals surface area contributed by atoms with Gasteiger partial charge in [0, 0.05) is 29.4 Å². The number of allylic oxidation sites excluding steroid dienone is 6. The topological polar surface area (TPSA) is 49.4 Å². The van der Waals surface area contributed by atoms with E-state index >= 15 is 0 Å². The van der Waals surface area contributed by atoms with Crippen LogP contribution in [0.5, 0.6) is 0 Å². The number of rotatable bonds is 9. The first kappa shape index (κ1) is 35.4. The molecule has 1 saturated carbocycles. The van der Waals surface area contributed by atoms with Crippen molar-refractivity contribution < 1.29 is 9.59 Å². The average Bonchev–Trinajstić information content (AvgIpc) is 2.85. The number of halogens is 1. The number of nitrogens with zero attached hydrogens (tertiary/aromatic N) is 1. The lowest BCUT2D eigenvalue weighted by atomic mass is 9.61. The number of hydrogen-bond acceptors (Lipinski definition) is 2. The second kappa shape index (κ2) is 17.8. The fourth-order valence-corrected chi connectivity index (χ4v) is 4.43. The van der Waals surface area contributed by atoms with Crippen molar-refractivity contribution in [1.82, 2.24) is 10.2 Å². The van der Waals surface area contributed by atoms with Crippen LogP contribution in [0.1, 0.15) is 101 Å². The summed E-state index contributed by atoms with van der Waals surface area (Å²) in [4.78, 5) is 26.5. The molecule has 212 valence electrons. The van der Waals surface area contributed by atoms with Crippen molar-refractivity contribution in [2.75, 3.05) is 13.1 Å². The van der Waals surface area contributed by atoms with Gasteiger partial charge in [-0.25, -0.2) is 0 Å². The Labute approximate surface area is 237 Å². The summed E-state index contributed by atoms with van der Waals surface area (Å²) in [5.41, 5.74) is 1.86. The lowest BCUT2D eigenvalue weighted by Gasteiger charge is -2.53. The highest BCUT2D eigenvalue weighted by atomic mass is 79.9. The van der Waals surface area contributed by atoms with Crippen molar-refractivity contribution in [3.05, 3.63) is 46.5 Å². The maximum absolute atomic E-state index is 12.5. The Kier molecular flexibility index (Phi) is 17.0. The van der Waals surface area contributed by atoms with Crippen LogP contribution in [-0.2, 0) is 9.59 Å². The summed E-state index contributed by atoms with van der Waals surface area (Å²) in [6.07, 6.45) is 14.5. The molecule has 3 fully saturated rings. The minimum Gasteiger partial charge on any atom is -0.347 e. The van der Waals surface area contributed by atoms with Gasteiger partial charge in [-0.1, -0.05) is 100 Å². The fraction of sp³-hybridized carbons (Fsp3) is 0.688. The van der Waals surface area contributed by atoms with Crippen LogP contribution in [0.4, 0.5) is 0 Å². The molecule has 0 aromatic rings. The van der Waals surface area contributed by atoms with Gasteiger partial charge in [-0.2, -0.15) is 0 Å². The monoisotopic (exact) mass is 578 g/mol. The number of carbonyl (C=O) groups excluding carboxylic acids is 2. The zero-order valence-electron chi connectivity index (χ0n) is 25.4. The largest absolute Gasteiger partial charge is 0.347 e. The first-order chi connectivity index (χ1) is 17.3. The van der Waals surface area contributed by atoms with E-state index in [0.29, 0.717) is 11.8 Å². The first-order valence-electron chi connectivity index (χ1n) is 14.2. The molecule has 0 aromatic heterocycles. The molecule has 0 aromatic carbocycles. The SMILES string of the molecule is C/C=C(C)/C(Br)=C\C=C/CCC.C=C(C)C(C)(C)NC(=O)C1C2C[C@H]1CN(C(=O)C(C)C)C2.CCCC. The van der Waals surface area contributed by atoms with Crippen molar-refractivity contribution >= 4 is 27.7 Å². The third-order valence-corrected chi connectivity index (χ3v) is 8.18. The van der Waals surface area contributed by atoms with Crippen LogP contribution in [0.2, 0.25) is 0 Å². The summed E-state index contributed by atoms with van der Waals surface area (Å²) in [5.74, 6) is 1.10. The minimum absolute atomic E-state index is 0.0390. The Morgan fingerprint density at radius 2 is 1.62 bits per heavy atom. The summed E-state index contributed by atoms with van der Waals surface area (Å²) in [5, 5.41) is 3.11. The molecule has 1 N–H and O–H groups in total. The standard InChI is InChI=1S/C17H28N2O2.C11H17Br.C4H10/c1-10(2)16(21)19-8-12-7-13(9-19)14(12)15(20)18-17(5,6)11(3)4;1-4-6-7-8-9-11(12)10(3)5-2;1-3-4-2/h10,12-14H,3,7-9H2,1-2,4-6H3,(H,18,20);5,7-9H,4,6H2,1-3H3;3-4H2,1-2H3/b;8-7-,10-5+,11-9+;/t12-,13?,14?;;/m0../s1. The van der Waals surface area contributed by atoms with Gasteiger partial charge in [-0.05, 0) is 70.9 Å². The van der Waals surface area contributed by atoms with E-state index in [-0.39, 0.29) is 29.2 Å². The Balaban J connectivity index is 0.000000686. The first-order valence-corrected chi connectivity index (χ1v) is 15.0. The molecule has 2 saturated heterocycles. The van der Waals surface area contributed by atoms with Crippen LogP contribution in [0.3, 0.4) is 0 Å². The smallest absolute Gasteiger partial charge is 0.225 e. The van der Waals surface area contributed by atoms with E-state index in [2.05, 4.69) is 79.8 Å². The number of carbonyl (C=O) groups is 2. The molecule has 2 unspecified atom stereocenters. The summed E-state index contributed by atoms with van der Waals surface area (Å²) in [6, 6.07) is 0. The van der Waals surface area contributed by atoms with E-state index in [1.807, 2.05) is 46.4 Å². The predicted molar refractivity (Wildman–Crippen MR) is 165 cm³/mol. The van der Waals surface area contributed by atoms with Crippen LogP contribution in [0, 0.1) is 23.7 Å². The molecule has 2 amide bonds. The van der Waals surface area contributed by atoms with Crippen molar-refractivity contribution in [1.29, 1.82) is 0 Å². The van der Waals surface area contributed by atoms with Crippen molar-refractivity contribution in [2.24, 2.45) is 23.7 Å². The zero-order valence-corrected chi connectivity index (χ0v) is 27.0. The summed E-state index contributed by atoms with van der Waals surface area (Å²) in [7, 11) is 0. The normalized spacial score (nSPS) is 21.4. The minimum atomic E-state index is -0.367. The van der Waals surface area contributed by atoms with E-state index in [1.54, 1.807) is 0 Å². The summed E-state index contributed by atoms with van der Waals surface area (Å²) < 4.78 is 1.16. The Morgan fingerprint density at radius 3 is 2.03 bits per heavy atom. The van der Waals surface area contributed by atoms with Gasteiger partial charge in [0.2, 0.25) is 11.8 Å². The molecular formula is C32H55BrN2O2. The molecule has 0 radical (unpaired) electrons. The maximum atomic E-state index is 12.5. The molecule has 2 heterocycles. The molecule has 3 rings (SSSR count).